The van der Waals surface area contributed by atoms with Crippen LogP contribution in [0.2, 0.25) is 0 Å². The summed E-state index contributed by atoms with van der Waals surface area (Å²) in [7, 11) is 0. The van der Waals surface area contributed by atoms with E-state index in [-0.39, 0.29) is 5.63 Å². The molecule has 0 aliphatic carbocycles. The Morgan fingerprint density at radius 3 is 2.48 bits per heavy atom. The zero-order valence-electron chi connectivity index (χ0n) is 15.2. The molecular weight excluding hydrogens is 310 g/mol. The molecule has 0 radical (unpaired) electrons. The molecule has 0 N–H and O–H groups in total. The lowest BCUT2D eigenvalue weighted by Gasteiger charge is -2.25. The van der Waals surface area contributed by atoms with Crippen molar-refractivity contribution in [2.75, 3.05) is 6.54 Å². The van der Waals surface area contributed by atoms with Crippen molar-refractivity contribution in [1.29, 1.82) is 0 Å². The molecule has 25 heavy (non-hydrogen) atoms. The Hall–Kier alpha value is -2.39. The Bertz CT molecular complexity index is 897. The molecule has 0 atom stereocenters. The first-order valence-electron chi connectivity index (χ1n) is 8.81. The molecule has 3 rings (SSSR count). The van der Waals surface area contributed by atoms with Crippen LogP contribution >= 0.6 is 0 Å². The Labute approximate surface area is 148 Å². The van der Waals surface area contributed by atoms with Gasteiger partial charge < -0.3 is 4.42 Å². The molecular formula is C22H25NO2. The highest BCUT2D eigenvalue weighted by Gasteiger charge is 2.13. The summed E-state index contributed by atoms with van der Waals surface area (Å²) in [5.41, 5.74) is 3.87. The van der Waals surface area contributed by atoms with Crippen LogP contribution in [-0.2, 0) is 13.1 Å². The molecule has 2 aromatic carbocycles. The summed E-state index contributed by atoms with van der Waals surface area (Å²) in [5, 5.41) is 1.03. The van der Waals surface area contributed by atoms with Gasteiger partial charge in [-0.2, -0.15) is 0 Å². The van der Waals surface area contributed by atoms with Crippen LogP contribution in [0.3, 0.4) is 0 Å². The zero-order valence-corrected chi connectivity index (χ0v) is 15.2. The maximum Gasteiger partial charge on any atom is 0.336 e. The van der Waals surface area contributed by atoms with E-state index in [0.717, 1.165) is 30.6 Å². The molecule has 1 heterocycles. The minimum absolute atomic E-state index is 0.282. The quantitative estimate of drug-likeness (QED) is 0.609. The van der Waals surface area contributed by atoms with Crippen molar-refractivity contribution < 1.29 is 4.42 Å². The van der Waals surface area contributed by atoms with Gasteiger partial charge in [-0.1, -0.05) is 55.8 Å². The Balaban J connectivity index is 1.94. The minimum atomic E-state index is -0.282. The van der Waals surface area contributed by atoms with Gasteiger partial charge in [0.15, 0.2) is 0 Å². The van der Waals surface area contributed by atoms with Crippen LogP contribution in [0, 0.1) is 12.8 Å². The number of fused-ring (bicyclic) bond motifs is 1. The van der Waals surface area contributed by atoms with Crippen LogP contribution < -0.4 is 5.63 Å². The van der Waals surface area contributed by atoms with Crippen LogP contribution in [0.25, 0.3) is 11.0 Å². The smallest absolute Gasteiger partial charge is 0.336 e. The predicted molar refractivity (Wildman–Crippen MR) is 103 cm³/mol. The molecule has 3 nitrogen and oxygen atoms in total. The van der Waals surface area contributed by atoms with Crippen LogP contribution in [0.5, 0.6) is 0 Å². The first-order valence-corrected chi connectivity index (χ1v) is 8.81. The topological polar surface area (TPSA) is 33.5 Å². The standard InChI is InChI=1S/C22H25NO2/c1-16(2)13-23(14-18-7-5-4-6-8-18)15-19-12-22(24)25-21-10-9-17(3)11-20(19)21/h4-12,16H,13-15H2,1-3H3. The molecule has 3 aromatic rings. The fourth-order valence-electron chi connectivity index (χ4n) is 3.26. The third kappa shape index (κ3) is 4.58. The van der Waals surface area contributed by atoms with Gasteiger partial charge in [-0.15, -0.1) is 0 Å². The summed E-state index contributed by atoms with van der Waals surface area (Å²) in [6, 6.07) is 18.1. The SMILES string of the molecule is Cc1ccc2oc(=O)cc(CN(Cc3ccccc3)CC(C)C)c2c1. The van der Waals surface area contributed by atoms with E-state index in [9.17, 15) is 4.79 Å². The monoisotopic (exact) mass is 335 g/mol. The summed E-state index contributed by atoms with van der Waals surface area (Å²) in [6.07, 6.45) is 0. The van der Waals surface area contributed by atoms with E-state index in [0.29, 0.717) is 11.5 Å². The molecule has 1 aromatic heterocycles. The third-order valence-corrected chi connectivity index (χ3v) is 4.25. The van der Waals surface area contributed by atoms with Crippen molar-refractivity contribution in [2.24, 2.45) is 5.92 Å². The third-order valence-electron chi connectivity index (χ3n) is 4.25. The summed E-state index contributed by atoms with van der Waals surface area (Å²) in [4.78, 5) is 14.4. The van der Waals surface area contributed by atoms with Gasteiger partial charge >= 0.3 is 5.63 Å². The highest BCUT2D eigenvalue weighted by atomic mass is 16.4. The van der Waals surface area contributed by atoms with Gasteiger partial charge in [0.25, 0.3) is 0 Å². The fourth-order valence-corrected chi connectivity index (χ4v) is 3.26. The number of benzene rings is 2. The molecule has 0 unspecified atom stereocenters. The molecule has 0 saturated carbocycles. The molecule has 0 saturated heterocycles. The zero-order chi connectivity index (χ0) is 17.8. The second-order valence-corrected chi connectivity index (χ2v) is 7.14. The predicted octanol–water partition coefficient (Wildman–Crippen LogP) is 4.76. The molecule has 0 amide bonds. The first-order chi connectivity index (χ1) is 12.0. The van der Waals surface area contributed by atoms with Crippen molar-refractivity contribution in [2.45, 2.75) is 33.9 Å². The molecule has 130 valence electrons. The van der Waals surface area contributed by atoms with Crippen molar-refractivity contribution in [3.8, 4) is 0 Å². The fraction of sp³-hybridized carbons (Fsp3) is 0.318. The van der Waals surface area contributed by atoms with E-state index >= 15 is 0 Å². The van der Waals surface area contributed by atoms with Gasteiger partial charge in [0.2, 0.25) is 0 Å². The number of rotatable bonds is 6. The first kappa shape index (κ1) is 17.4. The van der Waals surface area contributed by atoms with E-state index in [2.05, 4.69) is 56.0 Å². The molecule has 0 aliphatic heterocycles. The van der Waals surface area contributed by atoms with Crippen molar-refractivity contribution in [1.82, 2.24) is 4.90 Å². The van der Waals surface area contributed by atoms with E-state index in [1.165, 1.54) is 11.1 Å². The molecule has 0 fully saturated rings. The maximum absolute atomic E-state index is 12.0. The molecule has 3 heteroatoms. The normalized spacial score (nSPS) is 11.6. The van der Waals surface area contributed by atoms with Gasteiger partial charge in [0, 0.05) is 31.1 Å². The van der Waals surface area contributed by atoms with Gasteiger partial charge in [-0.3, -0.25) is 4.90 Å². The van der Waals surface area contributed by atoms with Gasteiger partial charge in [-0.05, 0) is 36.1 Å². The van der Waals surface area contributed by atoms with Crippen LogP contribution in [0.1, 0.15) is 30.5 Å². The van der Waals surface area contributed by atoms with E-state index in [1.54, 1.807) is 6.07 Å². The second kappa shape index (κ2) is 7.66. The minimum Gasteiger partial charge on any atom is -0.423 e. The van der Waals surface area contributed by atoms with Crippen molar-refractivity contribution in [3.05, 3.63) is 81.7 Å². The summed E-state index contributed by atoms with van der Waals surface area (Å²) < 4.78 is 5.36. The Kier molecular flexibility index (Phi) is 5.34. The Morgan fingerprint density at radius 1 is 1.00 bits per heavy atom. The van der Waals surface area contributed by atoms with Gasteiger partial charge in [0.05, 0.1) is 0 Å². The average Bonchev–Trinajstić information content (AvgIpc) is 2.56. The summed E-state index contributed by atoms with van der Waals surface area (Å²) >= 11 is 0. The number of aryl methyl sites for hydroxylation is 1. The molecule has 0 aliphatic rings. The number of nitrogens with zero attached hydrogens (tertiary/aromatic N) is 1. The summed E-state index contributed by atoms with van der Waals surface area (Å²) in [6.45, 7) is 9.08. The lowest BCUT2D eigenvalue weighted by atomic mass is 10.1. The van der Waals surface area contributed by atoms with E-state index in [1.807, 2.05) is 18.2 Å². The maximum atomic E-state index is 12.0. The van der Waals surface area contributed by atoms with Crippen LogP contribution in [-0.4, -0.2) is 11.4 Å². The highest BCUT2D eigenvalue weighted by Crippen LogP contribution is 2.21. The van der Waals surface area contributed by atoms with Crippen LogP contribution in [0.15, 0.2) is 63.8 Å². The lowest BCUT2D eigenvalue weighted by molar-refractivity contribution is 0.228. The highest BCUT2D eigenvalue weighted by molar-refractivity contribution is 5.80. The number of hydrogen-bond donors (Lipinski definition) is 0. The van der Waals surface area contributed by atoms with Gasteiger partial charge in [-0.25, -0.2) is 4.79 Å². The Morgan fingerprint density at radius 2 is 1.76 bits per heavy atom. The lowest BCUT2D eigenvalue weighted by Crippen LogP contribution is -2.27. The average molecular weight is 335 g/mol. The van der Waals surface area contributed by atoms with E-state index in [4.69, 9.17) is 4.42 Å². The van der Waals surface area contributed by atoms with Crippen molar-refractivity contribution >= 4 is 11.0 Å². The van der Waals surface area contributed by atoms with E-state index < -0.39 is 0 Å². The second-order valence-electron chi connectivity index (χ2n) is 7.14. The molecule has 0 spiro atoms. The van der Waals surface area contributed by atoms with Crippen molar-refractivity contribution in [3.63, 3.8) is 0 Å². The summed E-state index contributed by atoms with van der Waals surface area (Å²) in [5.74, 6) is 0.553. The largest absolute Gasteiger partial charge is 0.423 e. The van der Waals surface area contributed by atoms with Gasteiger partial charge in [0.1, 0.15) is 5.58 Å². The molecule has 0 bridgehead atoms. The van der Waals surface area contributed by atoms with Crippen LogP contribution in [0.4, 0.5) is 0 Å². The number of hydrogen-bond acceptors (Lipinski definition) is 3.